The van der Waals surface area contributed by atoms with Crippen LogP contribution in [-0.4, -0.2) is 24.9 Å². The number of ketones is 1. The highest BCUT2D eigenvalue weighted by molar-refractivity contribution is 6.12. The summed E-state index contributed by atoms with van der Waals surface area (Å²) in [7, 11) is 0. The number of aryl methyl sites for hydroxylation is 3. The van der Waals surface area contributed by atoms with E-state index in [4.69, 9.17) is 0 Å². The summed E-state index contributed by atoms with van der Waals surface area (Å²) in [5.74, 6) is 0.0589. The van der Waals surface area contributed by atoms with Crippen molar-refractivity contribution in [2.24, 2.45) is 0 Å². The second-order valence-electron chi connectivity index (χ2n) is 7.14. The predicted octanol–water partition coefficient (Wildman–Crippen LogP) is 4.27. The molecule has 5 heteroatoms. The second kappa shape index (κ2) is 7.27. The predicted molar refractivity (Wildman–Crippen MR) is 109 cm³/mol. The monoisotopic (exact) mass is 370 g/mol. The van der Waals surface area contributed by atoms with E-state index in [2.05, 4.69) is 22.1 Å². The fraction of sp³-hybridized carbons (Fsp3) is 0.174. The molecule has 2 heterocycles. The molecule has 0 aliphatic carbocycles. The molecule has 28 heavy (non-hydrogen) atoms. The van der Waals surface area contributed by atoms with Crippen LogP contribution in [-0.2, 0) is 6.54 Å². The molecule has 2 aromatic carbocycles. The lowest BCUT2D eigenvalue weighted by Gasteiger charge is -2.14. The Bertz CT molecular complexity index is 1100. The number of imidazole rings is 2. The zero-order valence-electron chi connectivity index (χ0n) is 16.3. The van der Waals surface area contributed by atoms with Crippen LogP contribution in [0.5, 0.6) is 0 Å². The minimum atomic E-state index is 0.0589. The molecule has 4 rings (SSSR count). The van der Waals surface area contributed by atoms with Gasteiger partial charge in [-0.2, -0.15) is 0 Å². The third kappa shape index (κ3) is 3.39. The molecule has 0 aliphatic rings. The smallest absolute Gasteiger partial charge is 0.193 e. The lowest BCUT2D eigenvalue weighted by atomic mass is 9.91. The molecule has 0 amide bonds. The first-order valence-electron chi connectivity index (χ1n) is 9.22. The van der Waals surface area contributed by atoms with Gasteiger partial charge in [0.1, 0.15) is 0 Å². The zero-order chi connectivity index (χ0) is 19.7. The summed E-state index contributed by atoms with van der Waals surface area (Å²) >= 11 is 0. The molecule has 0 N–H and O–H groups in total. The van der Waals surface area contributed by atoms with E-state index >= 15 is 0 Å². The number of rotatable bonds is 5. The Hall–Kier alpha value is -3.47. The normalized spacial score (nSPS) is 11.0. The molecule has 0 saturated carbocycles. The molecule has 4 aromatic rings. The molecule has 5 nitrogen and oxygen atoms in total. The van der Waals surface area contributed by atoms with Gasteiger partial charge >= 0.3 is 0 Å². The summed E-state index contributed by atoms with van der Waals surface area (Å²) in [6, 6.07) is 10.1. The van der Waals surface area contributed by atoms with Crippen LogP contribution in [0.1, 0.15) is 38.2 Å². The number of hydrogen-bond donors (Lipinski definition) is 0. The Balaban J connectivity index is 1.71. The van der Waals surface area contributed by atoms with Crippen molar-refractivity contribution in [3.05, 3.63) is 101 Å². The van der Waals surface area contributed by atoms with Crippen LogP contribution in [0, 0.1) is 20.8 Å². The van der Waals surface area contributed by atoms with Crippen LogP contribution in [0.25, 0.3) is 5.69 Å². The number of carbonyl (C=O) groups is 1. The fourth-order valence-corrected chi connectivity index (χ4v) is 3.66. The van der Waals surface area contributed by atoms with E-state index in [1.807, 2.05) is 60.5 Å². The fourth-order valence-electron chi connectivity index (χ4n) is 3.66. The lowest BCUT2D eigenvalue weighted by molar-refractivity contribution is 0.103. The van der Waals surface area contributed by atoms with Gasteiger partial charge in [0.05, 0.1) is 12.7 Å². The first kappa shape index (κ1) is 17.9. The standard InChI is InChI=1S/C23H22N4O/c1-16-4-5-20(27-9-7-25-15-27)12-21(16)23(28)22-17(2)10-19(11-18(22)3)13-26-8-6-24-14-26/h4-12,14-15H,13H2,1-3H3. The Morgan fingerprint density at radius 3 is 2.25 bits per heavy atom. The average molecular weight is 370 g/mol. The first-order chi connectivity index (χ1) is 13.5. The van der Waals surface area contributed by atoms with Crippen LogP contribution in [0.2, 0.25) is 0 Å². The molecule has 140 valence electrons. The van der Waals surface area contributed by atoms with Crippen molar-refractivity contribution >= 4 is 5.78 Å². The maximum absolute atomic E-state index is 13.4. The Labute approximate surface area is 164 Å². The van der Waals surface area contributed by atoms with Gasteiger partial charge in [0.25, 0.3) is 0 Å². The summed E-state index contributed by atoms with van der Waals surface area (Å²) in [6.45, 7) is 6.73. The van der Waals surface area contributed by atoms with Crippen LogP contribution >= 0.6 is 0 Å². The van der Waals surface area contributed by atoms with Crippen molar-refractivity contribution in [1.82, 2.24) is 19.1 Å². The van der Waals surface area contributed by atoms with Gasteiger partial charge in [-0.3, -0.25) is 4.79 Å². The van der Waals surface area contributed by atoms with Crippen LogP contribution in [0.3, 0.4) is 0 Å². The van der Waals surface area contributed by atoms with Gasteiger partial charge in [-0.1, -0.05) is 18.2 Å². The number of aromatic nitrogens is 4. The van der Waals surface area contributed by atoms with E-state index < -0.39 is 0 Å². The van der Waals surface area contributed by atoms with Gasteiger partial charge in [-0.15, -0.1) is 0 Å². The third-order valence-electron chi connectivity index (χ3n) is 5.01. The van der Waals surface area contributed by atoms with E-state index in [1.54, 1.807) is 25.0 Å². The maximum Gasteiger partial charge on any atom is 0.193 e. The van der Waals surface area contributed by atoms with Crippen LogP contribution in [0.4, 0.5) is 0 Å². The third-order valence-corrected chi connectivity index (χ3v) is 5.01. The Kier molecular flexibility index (Phi) is 4.65. The summed E-state index contributed by atoms with van der Waals surface area (Å²) in [5, 5.41) is 0. The van der Waals surface area contributed by atoms with Crippen LogP contribution < -0.4 is 0 Å². The SMILES string of the molecule is Cc1ccc(-n2ccnc2)cc1C(=O)c1c(C)cc(Cn2ccnc2)cc1C. The highest BCUT2D eigenvalue weighted by Gasteiger charge is 2.18. The number of nitrogens with zero attached hydrogens (tertiary/aromatic N) is 4. The Morgan fingerprint density at radius 2 is 1.61 bits per heavy atom. The van der Waals surface area contributed by atoms with Crippen molar-refractivity contribution in [3.8, 4) is 5.69 Å². The van der Waals surface area contributed by atoms with Crippen molar-refractivity contribution in [2.45, 2.75) is 27.3 Å². The van der Waals surface area contributed by atoms with Crippen molar-refractivity contribution in [2.75, 3.05) is 0 Å². The van der Waals surface area contributed by atoms with Crippen molar-refractivity contribution in [1.29, 1.82) is 0 Å². The summed E-state index contributed by atoms with van der Waals surface area (Å²) in [5.41, 5.74) is 6.54. The van der Waals surface area contributed by atoms with Gasteiger partial charge in [-0.05, 0) is 55.2 Å². The molecular formula is C23H22N4O. The molecule has 2 aromatic heterocycles. The minimum Gasteiger partial charge on any atom is -0.333 e. The zero-order valence-corrected chi connectivity index (χ0v) is 16.3. The highest BCUT2D eigenvalue weighted by atomic mass is 16.1. The van der Waals surface area contributed by atoms with Gasteiger partial charge in [0, 0.05) is 48.1 Å². The van der Waals surface area contributed by atoms with E-state index in [1.165, 1.54) is 0 Å². The first-order valence-corrected chi connectivity index (χ1v) is 9.22. The number of carbonyl (C=O) groups excluding carboxylic acids is 1. The molecule has 0 radical (unpaired) electrons. The molecule has 0 spiro atoms. The molecular weight excluding hydrogens is 348 g/mol. The van der Waals surface area contributed by atoms with Gasteiger partial charge in [0.15, 0.2) is 5.78 Å². The van der Waals surface area contributed by atoms with E-state index in [0.717, 1.165) is 45.6 Å². The van der Waals surface area contributed by atoms with Gasteiger partial charge in [-0.25, -0.2) is 9.97 Å². The molecule has 0 bridgehead atoms. The molecule has 0 fully saturated rings. The summed E-state index contributed by atoms with van der Waals surface area (Å²) in [6.07, 6.45) is 10.9. The van der Waals surface area contributed by atoms with Gasteiger partial charge in [0.2, 0.25) is 0 Å². The maximum atomic E-state index is 13.4. The van der Waals surface area contributed by atoms with E-state index in [0.29, 0.717) is 0 Å². The highest BCUT2D eigenvalue weighted by Crippen LogP contribution is 2.24. The molecule has 0 saturated heterocycles. The quantitative estimate of drug-likeness (QED) is 0.493. The van der Waals surface area contributed by atoms with Gasteiger partial charge < -0.3 is 9.13 Å². The summed E-state index contributed by atoms with van der Waals surface area (Å²) < 4.78 is 3.93. The number of hydrogen-bond acceptors (Lipinski definition) is 3. The molecule has 0 unspecified atom stereocenters. The van der Waals surface area contributed by atoms with Crippen molar-refractivity contribution < 1.29 is 4.79 Å². The minimum absolute atomic E-state index is 0.0589. The molecule has 0 aliphatic heterocycles. The Morgan fingerprint density at radius 1 is 0.893 bits per heavy atom. The number of benzene rings is 2. The topological polar surface area (TPSA) is 52.7 Å². The average Bonchev–Trinajstić information content (AvgIpc) is 3.35. The van der Waals surface area contributed by atoms with E-state index in [-0.39, 0.29) is 5.78 Å². The second-order valence-corrected chi connectivity index (χ2v) is 7.14. The van der Waals surface area contributed by atoms with Crippen LogP contribution in [0.15, 0.2) is 67.8 Å². The van der Waals surface area contributed by atoms with Crippen molar-refractivity contribution in [3.63, 3.8) is 0 Å². The molecule has 0 atom stereocenters. The van der Waals surface area contributed by atoms with E-state index in [9.17, 15) is 4.79 Å². The largest absolute Gasteiger partial charge is 0.333 e. The summed E-state index contributed by atoms with van der Waals surface area (Å²) in [4.78, 5) is 21.6. The lowest BCUT2D eigenvalue weighted by Crippen LogP contribution is -2.10.